The Morgan fingerprint density at radius 1 is 1.39 bits per heavy atom. The first-order valence-corrected chi connectivity index (χ1v) is 5.61. The van der Waals surface area contributed by atoms with Crippen LogP contribution in [0.25, 0.3) is 0 Å². The van der Waals surface area contributed by atoms with Gasteiger partial charge < -0.3 is 9.32 Å². The van der Waals surface area contributed by atoms with Crippen LogP contribution >= 0.6 is 0 Å². The smallest absolute Gasteiger partial charge is 0.169 e. The minimum absolute atomic E-state index is 0.554. The average molecular weight is 242 g/mol. The number of nitriles is 1. The number of anilines is 1. The van der Waals surface area contributed by atoms with Crippen LogP contribution in [0, 0.1) is 25.2 Å². The predicted molar refractivity (Wildman–Crippen MR) is 67.0 cm³/mol. The first kappa shape index (κ1) is 12.1. The lowest BCUT2D eigenvalue weighted by Gasteiger charge is -2.18. The van der Waals surface area contributed by atoms with Crippen LogP contribution in [-0.2, 0) is 6.54 Å². The van der Waals surface area contributed by atoms with Crippen LogP contribution in [0.1, 0.15) is 22.6 Å². The summed E-state index contributed by atoms with van der Waals surface area (Å²) in [6.45, 7) is 4.28. The summed E-state index contributed by atoms with van der Waals surface area (Å²) in [6.07, 6.45) is 1.63. The van der Waals surface area contributed by atoms with E-state index in [9.17, 15) is 5.26 Å². The van der Waals surface area contributed by atoms with E-state index in [1.807, 2.05) is 37.9 Å². The average Bonchev–Trinajstić information content (AvgIpc) is 2.85. The minimum Gasteiger partial charge on any atom is -0.467 e. The van der Waals surface area contributed by atoms with Crippen LogP contribution in [0.3, 0.4) is 0 Å². The Morgan fingerprint density at radius 2 is 2.17 bits per heavy atom. The van der Waals surface area contributed by atoms with E-state index >= 15 is 0 Å². The molecule has 0 unspecified atom stereocenters. The number of aryl methyl sites for hydroxylation is 1. The van der Waals surface area contributed by atoms with Gasteiger partial charge in [-0.3, -0.25) is 0 Å². The Balaban J connectivity index is 2.34. The number of nitrogens with zero attached hydrogens (tertiary/aromatic N) is 4. The number of hydrogen-bond donors (Lipinski definition) is 0. The Bertz CT molecular complexity index is 584. The van der Waals surface area contributed by atoms with Crippen LogP contribution in [0.4, 0.5) is 5.82 Å². The lowest BCUT2D eigenvalue weighted by molar-refractivity contribution is 0.506. The highest BCUT2D eigenvalue weighted by Gasteiger charge is 2.15. The molecule has 0 atom stereocenters. The van der Waals surface area contributed by atoms with Crippen molar-refractivity contribution in [2.24, 2.45) is 0 Å². The molecule has 5 heteroatoms. The first-order chi connectivity index (χ1) is 8.63. The van der Waals surface area contributed by atoms with E-state index in [-0.39, 0.29) is 0 Å². The van der Waals surface area contributed by atoms with E-state index in [4.69, 9.17) is 4.42 Å². The molecule has 0 aliphatic rings. The van der Waals surface area contributed by atoms with Gasteiger partial charge in [-0.2, -0.15) is 10.4 Å². The molecule has 2 heterocycles. The van der Waals surface area contributed by atoms with Crippen LogP contribution in [-0.4, -0.2) is 17.2 Å². The van der Waals surface area contributed by atoms with Crippen LogP contribution < -0.4 is 4.90 Å². The SMILES string of the molecule is Cc1nnc(N(C)Cc2ccco2)c(C#N)c1C. The van der Waals surface area contributed by atoms with E-state index in [0.717, 1.165) is 17.0 Å². The van der Waals surface area contributed by atoms with Crippen molar-refractivity contribution in [3.63, 3.8) is 0 Å². The van der Waals surface area contributed by atoms with Gasteiger partial charge in [-0.05, 0) is 31.5 Å². The zero-order valence-corrected chi connectivity index (χ0v) is 10.6. The molecule has 0 amide bonds. The molecule has 2 rings (SSSR count). The number of aromatic nitrogens is 2. The Labute approximate surface area is 106 Å². The maximum atomic E-state index is 9.23. The van der Waals surface area contributed by atoms with E-state index in [2.05, 4.69) is 16.3 Å². The highest BCUT2D eigenvalue weighted by molar-refractivity contribution is 5.57. The third-order valence-corrected chi connectivity index (χ3v) is 2.88. The van der Waals surface area contributed by atoms with Crippen molar-refractivity contribution in [3.8, 4) is 6.07 Å². The third kappa shape index (κ3) is 2.18. The first-order valence-electron chi connectivity index (χ1n) is 5.61. The summed E-state index contributed by atoms with van der Waals surface area (Å²) in [6, 6.07) is 5.91. The van der Waals surface area contributed by atoms with Gasteiger partial charge in [0.1, 0.15) is 17.4 Å². The maximum absolute atomic E-state index is 9.23. The molecule has 92 valence electrons. The topological polar surface area (TPSA) is 66.0 Å². The van der Waals surface area contributed by atoms with E-state index in [1.165, 1.54) is 0 Å². The molecule has 0 spiro atoms. The summed E-state index contributed by atoms with van der Waals surface area (Å²) in [5, 5.41) is 17.4. The van der Waals surface area contributed by atoms with Gasteiger partial charge in [0.05, 0.1) is 18.5 Å². The molecular weight excluding hydrogens is 228 g/mol. The van der Waals surface area contributed by atoms with Gasteiger partial charge in [-0.15, -0.1) is 5.10 Å². The minimum atomic E-state index is 0.554. The highest BCUT2D eigenvalue weighted by Crippen LogP contribution is 2.21. The van der Waals surface area contributed by atoms with Gasteiger partial charge in [-0.25, -0.2) is 0 Å². The fourth-order valence-corrected chi connectivity index (χ4v) is 1.71. The standard InChI is InChI=1S/C13H14N4O/c1-9-10(2)15-16-13(12(9)7-14)17(3)8-11-5-4-6-18-11/h4-6H,8H2,1-3H3. The largest absolute Gasteiger partial charge is 0.467 e. The number of hydrogen-bond acceptors (Lipinski definition) is 5. The number of rotatable bonds is 3. The molecular formula is C13H14N4O. The molecule has 0 saturated carbocycles. The van der Waals surface area contributed by atoms with Crippen LogP contribution in [0.5, 0.6) is 0 Å². The Kier molecular flexibility index (Phi) is 3.28. The lowest BCUT2D eigenvalue weighted by Crippen LogP contribution is -2.20. The zero-order valence-electron chi connectivity index (χ0n) is 10.6. The summed E-state index contributed by atoms with van der Waals surface area (Å²) in [5.41, 5.74) is 2.21. The second-order valence-electron chi connectivity index (χ2n) is 4.16. The molecule has 18 heavy (non-hydrogen) atoms. The van der Waals surface area contributed by atoms with Crippen LogP contribution in [0.15, 0.2) is 22.8 Å². The van der Waals surface area contributed by atoms with Crippen molar-refractivity contribution in [1.82, 2.24) is 10.2 Å². The summed E-state index contributed by atoms with van der Waals surface area (Å²) in [5.74, 6) is 1.40. The van der Waals surface area contributed by atoms with Gasteiger partial charge in [-0.1, -0.05) is 0 Å². The fraction of sp³-hybridized carbons (Fsp3) is 0.308. The Morgan fingerprint density at radius 3 is 2.78 bits per heavy atom. The lowest BCUT2D eigenvalue weighted by atomic mass is 10.1. The molecule has 0 N–H and O–H groups in total. The molecule has 0 radical (unpaired) electrons. The van der Waals surface area contributed by atoms with Crippen molar-refractivity contribution in [3.05, 3.63) is 41.0 Å². The van der Waals surface area contributed by atoms with Gasteiger partial charge in [0.25, 0.3) is 0 Å². The fourth-order valence-electron chi connectivity index (χ4n) is 1.71. The summed E-state index contributed by atoms with van der Waals surface area (Å²) in [4.78, 5) is 1.86. The third-order valence-electron chi connectivity index (χ3n) is 2.88. The van der Waals surface area contributed by atoms with Gasteiger partial charge >= 0.3 is 0 Å². The zero-order chi connectivity index (χ0) is 13.1. The monoisotopic (exact) mass is 242 g/mol. The van der Waals surface area contributed by atoms with E-state index in [0.29, 0.717) is 17.9 Å². The van der Waals surface area contributed by atoms with Crippen molar-refractivity contribution < 1.29 is 4.42 Å². The molecule has 5 nitrogen and oxygen atoms in total. The van der Waals surface area contributed by atoms with Crippen molar-refractivity contribution >= 4 is 5.82 Å². The summed E-state index contributed by atoms with van der Waals surface area (Å²) < 4.78 is 5.28. The second kappa shape index (κ2) is 4.88. The molecule has 0 aromatic carbocycles. The molecule has 2 aromatic heterocycles. The highest BCUT2D eigenvalue weighted by atomic mass is 16.3. The van der Waals surface area contributed by atoms with Crippen LogP contribution in [0.2, 0.25) is 0 Å². The van der Waals surface area contributed by atoms with E-state index < -0.39 is 0 Å². The summed E-state index contributed by atoms with van der Waals surface area (Å²) >= 11 is 0. The Hall–Kier alpha value is -2.35. The molecule has 0 saturated heterocycles. The molecule has 2 aromatic rings. The van der Waals surface area contributed by atoms with Crippen molar-refractivity contribution in [1.29, 1.82) is 5.26 Å². The van der Waals surface area contributed by atoms with Gasteiger partial charge in [0.2, 0.25) is 0 Å². The quantitative estimate of drug-likeness (QED) is 0.825. The maximum Gasteiger partial charge on any atom is 0.169 e. The van der Waals surface area contributed by atoms with E-state index in [1.54, 1.807) is 6.26 Å². The van der Waals surface area contributed by atoms with Crippen molar-refractivity contribution in [2.75, 3.05) is 11.9 Å². The van der Waals surface area contributed by atoms with Gasteiger partial charge in [0, 0.05) is 7.05 Å². The molecule has 0 fully saturated rings. The normalized spacial score (nSPS) is 10.1. The molecule has 0 aliphatic heterocycles. The van der Waals surface area contributed by atoms with Gasteiger partial charge in [0.15, 0.2) is 5.82 Å². The number of furan rings is 1. The molecule has 0 bridgehead atoms. The second-order valence-corrected chi connectivity index (χ2v) is 4.16. The molecule has 0 aliphatic carbocycles. The van der Waals surface area contributed by atoms with Crippen molar-refractivity contribution in [2.45, 2.75) is 20.4 Å². The summed E-state index contributed by atoms with van der Waals surface area (Å²) in [7, 11) is 1.86. The predicted octanol–water partition coefficient (Wildman–Crippen LogP) is 2.19.